The second-order valence-electron chi connectivity index (χ2n) is 5.10. The monoisotopic (exact) mass is 281 g/mol. The molecule has 1 aromatic heterocycles. The van der Waals surface area contributed by atoms with Gasteiger partial charge < -0.3 is 5.32 Å². The average molecular weight is 282 g/mol. The van der Waals surface area contributed by atoms with Gasteiger partial charge in [-0.3, -0.25) is 4.79 Å². The summed E-state index contributed by atoms with van der Waals surface area (Å²) < 4.78 is 0. The molecule has 1 aliphatic rings. The number of hydrogen-bond acceptors (Lipinski definition) is 4. The summed E-state index contributed by atoms with van der Waals surface area (Å²) in [5.41, 5.74) is 0.360. The summed E-state index contributed by atoms with van der Waals surface area (Å²) in [5.74, 6) is 1.22. The number of rotatable bonds is 5. The smallest absolute Gasteiger partial charge is 0.156 e. The quantitative estimate of drug-likeness (QED) is 0.660. The summed E-state index contributed by atoms with van der Waals surface area (Å²) in [6.45, 7) is 2.16. The maximum Gasteiger partial charge on any atom is 0.156 e. The van der Waals surface area contributed by atoms with Crippen LogP contribution in [-0.2, 0) is 0 Å². The Bertz CT molecular complexity index is 433. The zero-order valence-corrected chi connectivity index (χ0v) is 12.0. The van der Waals surface area contributed by atoms with Crippen LogP contribution in [0.3, 0.4) is 0 Å². The molecule has 19 heavy (non-hydrogen) atoms. The van der Waals surface area contributed by atoms with Crippen LogP contribution in [0.4, 0.5) is 5.82 Å². The molecule has 1 unspecified atom stereocenters. The molecule has 0 radical (unpaired) electrons. The van der Waals surface area contributed by atoms with E-state index in [-0.39, 0.29) is 5.15 Å². The van der Waals surface area contributed by atoms with E-state index in [9.17, 15) is 4.79 Å². The number of halogens is 1. The Morgan fingerprint density at radius 1 is 1.42 bits per heavy atom. The number of hydrogen-bond donors (Lipinski definition) is 1. The van der Waals surface area contributed by atoms with E-state index in [2.05, 4.69) is 22.2 Å². The molecule has 1 atom stereocenters. The molecule has 1 N–H and O–H groups in total. The van der Waals surface area contributed by atoms with Crippen molar-refractivity contribution in [1.82, 2.24) is 9.97 Å². The van der Waals surface area contributed by atoms with Gasteiger partial charge in [0.2, 0.25) is 0 Å². The molecule has 1 aliphatic carbocycles. The molecule has 0 bridgehead atoms. The standard InChI is InChI=1S/C14H20ClN3O/c1-2-12(10-6-4-3-5-7-10)18-14-11(8-19)13(15)16-9-17-14/h8-10,12H,2-7H2,1H3,(H,16,17,18). The van der Waals surface area contributed by atoms with Crippen LogP contribution >= 0.6 is 11.6 Å². The number of anilines is 1. The van der Waals surface area contributed by atoms with E-state index < -0.39 is 0 Å². The number of nitrogens with zero attached hydrogens (tertiary/aromatic N) is 2. The molecule has 0 amide bonds. The summed E-state index contributed by atoms with van der Waals surface area (Å²) in [6, 6.07) is 0.352. The van der Waals surface area contributed by atoms with Gasteiger partial charge in [0.25, 0.3) is 0 Å². The zero-order chi connectivity index (χ0) is 13.7. The lowest BCUT2D eigenvalue weighted by Crippen LogP contribution is -2.31. The van der Waals surface area contributed by atoms with Gasteiger partial charge in [-0.05, 0) is 25.2 Å². The molecule has 5 heteroatoms. The van der Waals surface area contributed by atoms with E-state index in [4.69, 9.17) is 11.6 Å². The van der Waals surface area contributed by atoms with Crippen molar-refractivity contribution in [2.24, 2.45) is 5.92 Å². The Morgan fingerprint density at radius 3 is 2.79 bits per heavy atom. The third-order valence-electron chi connectivity index (χ3n) is 3.93. The highest BCUT2D eigenvalue weighted by Crippen LogP contribution is 2.30. The van der Waals surface area contributed by atoms with Gasteiger partial charge in [-0.1, -0.05) is 37.8 Å². The SMILES string of the molecule is CCC(Nc1ncnc(Cl)c1C=O)C1CCCCC1. The summed E-state index contributed by atoms with van der Waals surface area (Å²) >= 11 is 5.92. The van der Waals surface area contributed by atoms with Gasteiger partial charge in [0.05, 0.1) is 5.56 Å². The molecule has 1 heterocycles. The van der Waals surface area contributed by atoms with Gasteiger partial charge in [0, 0.05) is 6.04 Å². The van der Waals surface area contributed by atoms with Crippen molar-refractivity contribution in [3.8, 4) is 0 Å². The van der Waals surface area contributed by atoms with Crippen LogP contribution in [0.5, 0.6) is 0 Å². The predicted octanol–water partition coefficient (Wildman–Crippen LogP) is 3.71. The molecule has 0 aromatic carbocycles. The van der Waals surface area contributed by atoms with Crippen LogP contribution in [-0.4, -0.2) is 22.3 Å². The van der Waals surface area contributed by atoms with Crippen molar-refractivity contribution in [2.45, 2.75) is 51.5 Å². The first-order chi connectivity index (χ1) is 9.26. The Labute approximate surface area is 119 Å². The largest absolute Gasteiger partial charge is 0.366 e. The maximum atomic E-state index is 11.1. The first kappa shape index (κ1) is 14.3. The Balaban J connectivity index is 2.13. The molecule has 1 saturated carbocycles. The van der Waals surface area contributed by atoms with Crippen molar-refractivity contribution in [2.75, 3.05) is 5.32 Å². The van der Waals surface area contributed by atoms with Crippen molar-refractivity contribution in [1.29, 1.82) is 0 Å². The van der Waals surface area contributed by atoms with Crippen molar-refractivity contribution in [3.05, 3.63) is 17.0 Å². The van der Waals surface area contributed by atoms with Gasteiger partial charge in [-0.15, -0.1) is 0 Å². The van der Waals surface area contributed by atoms with E-state index in [1.807, 2.05) is 0 Å². The van der Waals surface area contributed by atoms with Gasteiger partial charge in [0.1, 0.15) is 17.3 Å². The fraction of sp³-hybridized carbons (Fsp3) is 0.643. The number of carbonyl (C=O) groups excluding carboxylic acids is 1. The lowest BCUT2D eigenvalue weighted by Gasteiger charge is -2.30. The molecule has 104 valence electrons. The highest BCUT2D eigenvalue weighted by molar-refractivity contribution is 6.32. The van der Waals surface area contributed by atoms with Crippen LogP contribution in [0.2, 0.25) is 5.15 Å². The van der Waals surface area contributed by atoms with Crippen LogP contribution in [0.1, 0.15) is 55.8 Å². The molecule has 2 rings (SSSR count). The molecule has 0 spiro atoms. The highest BCUT2D eigenvalue weighted by Gasteiger charge is 2.23. The minimum absolute atomic E-state index is 0.214. The Hall–Kier alpha value is -1.16. The summed E-state index contributed by atoms with van der Waals surface area (Å²) in [7, 11) is 0. The van der Waals surface area contributed by atoms with Crippen LogP contribution in [0.15, 0.2) is 6.33 Å². The van der Waals surface area contributed by atoms with Gasteiger partial charge in [0.15, 0.2) is 6.29 Å². The Kier molecular flexibility index (Phi) is 5.14. The van der Waals surface area contributed by atoms with Crippen LogP contribution < -0.4 is 5.32 Å². The zero-order valence-electron chi connectivity index (χ0n) is 11.2. The minimum atomic E-state index is 0.214. The topological polar surface area (TPSA) is 54.9 Å². The number of carbonyl (C=O) groups is 1. The van der Waals surface area contributed by atoms with E-state index in [1.54, 1.807) is 0 Å². The van der Waals surface area contributed by atoms with E-state index in [0.717, 1.165) is 12.7 Å². The molecule has 1 fully saturated rings. The van der Waals surface area contributed by atoms with Crippen molar-refractivity contribution < 1.29 is 4.79 Å². The fourth-order valence-corrected chi connectivity index (χ4v) is 3.04. The lowest BCUT2D eigenvalue weighted by molar-refractivity contribution is 0.112. The first-order valence-corrected chi connectivity index (χ1v) is 7.36. The van der Waals surface area contributed by atoms with Crippen molar-refractivity contribution in [3.63, 3.8) is 0 Å². The molecule has 0 saturated heterocycles. The van der Waals surface area contributed by atoms with Crippen LogP contribution in [0.25, 0.3) is 0 Å². The molecular weight excluding hydrogens is 262 g/mol. The number of aldehydes is 1. The van der Waals surface area contributed by atoms with E-state index in [1.165, 1.54) is 38.4 Å². The van der Waals surface area contributed by atoms with Gasteiger partial charge in [-0.25, -0.2) is 9.97 Å². The summed E-state index contributed by atoms with van der Waals surface area (Å²) in [6.07, 6.45) is 9.57. The second kappa shape index (κ2) is 6.85. The molecule has 0 aliphatic heterocycles. The fourth-order valence-electron chi connectivity index (χ4n) is 2.86. The van der Waals surface area contributed by atoms with Crippen molar-refractivity contribution >= 4 is 23.7 Å². The lowest BCUT2D eigenvalue weighted by atomic mass is 9.83. The van der Waals surface area contributed by atoms with E-state index >= 15 is 0 Å². The molecule has 1 aromatic rings. The van der Waals surface area contributed by atoms with Gasteiger partial charge >= 0.3 is 0 Å². The average Bonchev–Trinajstić information content (AvgIpc) is 2.46. The highest BCUT2D eigenvalue weighted by atomic mass is 35.5. The first-order valence-electron chi connectivity index (χ1n) is 6.98. The molecular formula is C14H20ClN3O. The third kappa shape index (κ3) is 3.44. The maximum absolute atomic E-state index is 11.1. The third-order valence-corrected chi connectivity index (χ3v) is 4.24. The van der Waals surface area contributed by atoms with Crippen LogP contribution in [0, 0.1) is 5.92 Å². The normalized spacial score (nSPS) is 18.0. The summed E-state index contributed by atoms with van der Waals surface area (Å²) in [5, 5.41) is 3.61. The number of nitrogens with one attached hydrogen (secondary N) is 1. The minimum Gasteiger partial charge on any atom is -0.366 e. The second-order valence-corrected chi connectivity index (χ2v) is 5.46. The Morgan fingerprint density at radius 2 is 2.16 bits per heavy atom. The summed E-state index contributed by atoms with van der Waals surface area (Å²) in [4.78, 5) is 19.1. The number of aromatic nitrogens is 2. The van der Waals surface area contributed by atoms with Gasteiger partial charge in [-0.2, -0.15) is 0 Å². The van der Waals surface area contributed by atoms with E-state index in [0.29, 0.717) is 23.3 Å². The molecule has 4 nitrogen and oxygen atoms in total. The predicted molar refractivity (Wildman–Crippen MR) is 76.7 cm³/mol.